The SMILES string of the molecule is Cc1ccccc1-c1cccc(C(=O)O)c1C(N)=O.O=C(O)CCC(=O)Oc1ccccc1. The Bertz CT molecular complexity index is 1160. The minimum absolute atomic E-state index is 0.0456. The lowest BCUT2D eigenvalue weighted by Gasteiger charge is -2.12. The molecule has 0 saturated heterocycles. The number of carbonyl (C=O) groups excluding carboxylic acids is 2. The van der Waals surface area contributed by atoms with Gasteiger partial charge in [-0.05, 0) is 41.8 Å². The zero-order valence-electron chi connectivity index (χ0n) is 17.9. The first-order chi connectivity index (χ1) is 15.7. The van der Waals surface area contributed by atoms with Crippen LogP contribution in [-0.2, 0) is 9.59 Å². The van der Waals surface area contributed by atoms with Gasteiger partial charge in [0.15, 0.2) is 0 Å². The first-order valence-corrected chi connectivity index (χ1v) is 9.90. The van der Waals surface area contributed by atoms with Crippen LogP contribution in [0.5, 0.6) is 5.75 Å². The Labute approximate surface area is 190 Å². The normalized spacial score (nSPS) is 9.85. The third-order valence-corrected chi connectivity index (χ3v) is 4.49. The highest BCUT2D eigenvalue weighted by Gasteiger charge is 2.19. The van der Waals surface area contributed by atoms with Crippen LogP contribution in [0.1, 0.15) is 39.1 Å². The molecule has 0 fully saturated rings. The first-order valence-electron chi connectivity index (χ1n) is 9.90. The number of rotatable bonds is 7. The number of amides is 1. The molecular weight excluding hydrogens is 426 g/mol. The van der Waals surface area contributed by atoms with Gasteiger partial charge in [0.2, 0.25) is 5.91 Å². The molecule has 0 aromatic heterocycles. The van der Waals surface area contributed by atoms with E-state index in [1.807, 2.05) is 31.2 Å². The Balaban J connectivity index is 0.000000245. The fourth-order valence-corrected chi connectivity index (χ4v) is 2.98. The molecule has 170 valence electrons. The Morgan fingerprint density at radius 2 is 1.39 bits per heavy atom. The summed E-state index contributed by atoms with van der Waals surface area (Å²) in [6.07, 6.45) is -0.310. The molecular formula is C25H23NO7. The molecule has 0 radical (unpaired) electrons. The van der Waals surface area contributed by atoms with Crippen molar-refractivity contribution < 1.29 is 34.1 Å². The van der Waals surface area contributed by atoms with Gasteiger partial charge in [-0.3, -0.25) is 14.4 Å². The van der Waals surface area contributed by atoms with E-state index < -0.39 is 23.8 Å². The Morgan fingerprint density at radius 1 is 0.788 bits per heavy atom. The molecule has 3 aromatic carbocycles. The molecule has 4 N–H and O–H groups in total. The molecule has 0 unspecified atom stereocenters. The van der Waals surface area contributed by atoms with Crippen molar-refractivity contribution in [3.8, 4) is 16.9 Å². The number of esters is 1. The van der Waals surface area contributed by atoms with E-state index in [1.165, 1.54) is 6.07 Å². The number of aryl methyl sites for hydroxylation is 1. The van der Waals surface area contributed by atoms with Gasteiger partial charge in [0.25, 0.3) is 0 Å². The molecule has 33 heavy (non-hydrogen) atoms. The van der Waals surface area contributed by atoms with Gasteiger partial charge in [0.1, 0.15) is 5.75 Å². The van der Waals surface area contributed by atoms with Gasteiger partial charge in [-0.25, -0.2) is 4.79 Å². The number of para-hydroxylation sites is 1. The molecule has 8 nitrogen and oxygen atoms in total. The van der Waals surface area contributed by atoms with E-state index >= 15 is 0 Å². The van der Waals surface area contributed by atoms with Crippen molar-refractivity contribution >= 4 is 23.8 Å². The summed E-state index contributed by atoms with van der Waals surface area (Å²) >= 11 is 0. The van der Waals surface area contributed by atoms with Crippen LogP contribution in [0.25, 0.3) is 11.1 Å². The largest absolute Gasteiger partial charge is 0.481 e. The maximum Gasteiger partial charge on any atom is 0.336 e. The van der Waals surface area contributed by atoms with E-state index in [9.17, 15) is 19.2 Å². The standard InChI is InChI=1S/C15H13NO3.C10H10O4/c1-9-5-2-3-6-10(9)11-7-4-8-12(15(18)19)13(11)14(16)17;11-9(12)6-7-10(13)14-8-4-2-1-3-5-8/h2-8H,1H3,(H2,16,17)(H,18,19);1-5H,6-7H2,(H,11,12). The van der Waals surface area contributed by atoms with Crippen LogP contribution in [-0.4, -0.2) is 34.0 Å². The minimum Gasteiger partial charge on any atom is -0.481 e. The number of aromatic carboxylic acids is 1. The summed E-state index contributed by atoms with van der Waals surface area (Å²) in [5, 5.41) is 17.5. The summed E-state index contributed by atoms with van der Waals surface area (Å²) in [7, 11) is 0. The van der Waals surface area contributed by atoms with Crippen LogP contribution in [0.2, 0.25) is 0 Å². The molecule has 8 heteroatoms. The fraction of sp³-hybridized carbons (Fsp3) is 0.120. The summed E-state index contributed by atoms with van der Waals surface area (Å²) in [6, 6.07) is 20.7. The number of aliphatic carboxylic acids is 1. The lowest BCUT2D eigenvalue weighted by molar-refractivity contribution is -0.142. The van der Waals surface area contributed by atoms with Crippen LogP contribution < -0.4 is 10.5 Å². The Kier molecular flexibility index (Phi) is 8.87. The molecule has 0 aliphatic carbocycles. The summed E-state index contributed by atoms with van der Waals surface area (Å²) in [5.41, 5.74) is 7.61. The van der Waals surface area contributed by atoms with Crippen LogP contribution >= 0.6 is 0 Å². The van der Waals surface area contributed by atoms with Gasteiger partial charge in [0, 0.05) is 0 Å². The average molecular weight is 449 g/mol. The van der Waals surface area contributed by atoms with Gasteiger partial charge in [-0.1, -0.05) is 54.6 Å². The third-order valence-electron chi connectivity index (χ3n) is 4.49. The number of nitrogens with two attached hydrogens (primary N) is 1. The number of benzene rings is 3. The molecule has 0 heterocycles. The second-order valence-corrected chi connectivity index (χ2v) is 6.89. The average Bonchev–Trinajstić information content (AvgIpc) is 2.78. The maximum atomic E-state index is 11.6. The van der Waals surface area contributed by atoms with Gasteiger partial charge in [-0.15, -0.1) is 0 Å². The van der Waals surface area contributed by atoms with E-state index in [0.717, 1.165) is 11.1 Å². The van der Waals surface area contributed by atoms with Crippen molar-refractivity contribution in [2.75, 3.05) is 0 Å². The number of carbonyl (C=O) groups is 4. The first kappa shape index (κ1) is 24.8. The zero-order chi connectivity index (χ0) is 24.4. The number of carboxylic acids is 2. The second-order valence-electron chi connectivity index (χ2n) is 6.89. The topological polar surface area (TPSA) is 144 Å². The molecule has 3 aromatic rings. The summed E-state index contributed by atoms with van der Waals surface area (Å²) in [4.78, 5) is 44.0. The van der Waals surface area contributed by atoms with Gasteiger partial charge in [0.05, 0.1) is 24.0 Å². The van der Waals surface area contributed by atoms with E-state index in [0.29, 0.717) is 11.3 Å². The molecule has 0 atom stereocenters. The molecule has 0 aliphatic heterocycles. The highest BCUT2D eigenvalue weighted by Crippen LogP contribution is 2.28. The second kappa shape index (κ2) is 11.8. The zero-order valence-corrected chi connectivity index (χ0v) is 17.9. The summed E-state index contributed by atoms with van der Waals surface area (Å²) < 4.78 is 4.86. The van der Waals surface area contributed by atoms with Gasteiger partial charge >= 0.3 is 17.9 Å². The number of ether oxygens (including phenoxy) is 1. The number of hydrogen-bond acceptors (Lipinski definition) is 5. The minimum atomic E-state index is -1.16. The summed E-state index contributed by atoms with van der Waals surface area (Å²) in [6.45, 7) is 1.90. The molecule has 1 amide bonds. The van der Waals surface area contributed by atoms with Crippen LogP contribution in [0.4, 0.5) is 0 Å². The number of hydrogen-bond donors (Lipinski definition) is 3. The Morgan fingerprint density at radius 3 is 1.97 bits per heavy atom. The van der Waals surface area contributed by atoms with Crippen molar-refractivity contribution in [3.63, 3.8) is 0 Å². The van der Waals surface area contributed by atoms with Gasteiger partial charge in [-0.2, -0.15) is 0 Å². The van der Waals surface area contributed by atoms with Crippen LogP contribution in [0, 0.1) is 6.92 Å². The fourth-order valence-electron chi connectivity index (χ4n) is 2.98. The molecule has 0 spiro atoms. The molecule has 0 saturated carbocycles. The molecule has 3 rings (SSSR count). The monoisotopic (exact) mass is 449 g/mol. The highest BCUT2D eigenvalue weighted by atomic mass is 16.5. The Hall–Kier alpha value is -4.46. The van der Waals surface area contributed by atoms with E-state index in [4.69, 9.17) is 20.7 Å². The van der Waals surface area contributed by atoms with E-state index in [-0.39, 0.29) is 24.0 Å². The van der Waals surface area contributed by atoms with E-state index in [2.05, 4.69) is 0 Å². The van der Waals surface area contributed by atoms with Gasteiger partial charge < -0.3 is 20.7 Å². The van der Waals surface area contributed by atoms with E-state index in [1.54, 1.807) is 42.5 Å². The summed E-state index contributed by atoms with van der Waals surface area (Å²) in [5.74, 6) is -3.00. The predicted octanol–water partition coefficient (Wildman–Crippen LogP) is 3.92. The van der Waals surface area contributed by atoms with Crippen molar-refractivity contribution in [2.45, 2.75) is 19.8 Å². The lowest BCUT2D eigenvalue weighted by Crippen LogP contribution is -2.17. The van der Waals surface area contributed by atoms with Crippen LogP contribution in [0.3, 0.4) is 0 Å². The number of primary amides is 1. The lowest BCUT2D eigenvalue weighted by atomic mass is 9.92. The third kappa shape index (κ3) is 7.32. The molecule has 0 bridgehead atoms. The van der Waals surface area contributed by atoms with Crippen molar-refractivity contribution in [1.82, 2.24) is 0 Å². The van der Waals surface area contributed by atoms with Crippen molar-refractivity contribution in [1.29, 1.82) is 0 Å². The van der Waals surface area contributed by atoms with Crippen molar-refractivity contribution in [3.05, 3.63) is 89.5 Å². The predicted molar refractivity (Wildman–Crippen MR) is 121 cm³/mol. The van der Waals surface area contributed by atoms with Crippen molar-refractivity contribution in [2.24, 2.45) is 5.73 Å². The smallest absolute Gasteiger partial charge is 0.336 e. The number of carboxylic acid groups (broad SMARTS) is 2. The molecule has 0 aliphatic rings. The quantitative estimate of drug-likeness (QED) is 0.366. The van der Waals surface area contributed by atoms with Crippen LogP contribution in [0.15, 0.2) is 72.8 Å². The maximum absolute atomic E-state index is 11.6. The highest BCUT2D eigenvalue weighted by molar-refractivity contribution is 6.09.